The van der Waals surface area contributed by atoms with Gasteiger partial charge in [-0.15, -0.1) is 11.3 Å². The summed E-state index contributed by atoms with van der Waals surface area (Å²) in [5.74, 6) is 0.935. The van der Waals surface area contributed by atoms with Crippen molar-refractivity contribution in [1.29, 1.82) is 0 Å². The van der Waals surface area contributed by atoms with Gasteiger partial charge >= 0.3 is 0 Å². The van der Waals surface area contributed by atoms with E-state index in [-0.39, 0.29) is 11.9 Å². The van der Waals surface area contributed by atoms with Crippen LogP contribution in [0.25, 0.3) is 0 Å². The maximum absolute atomic E-state index is 12.1. The summed E-state index contributed by atoms with van der Waals surface area (Å²) in [5.41, 5.74) is 1.37. The highest BCUT2D eigenvalue weighted by molar-refractivity contribution is 7.10. The second-order valence-corrected chi connectivity index (χ2v) is 6.71. The lowest BCUT2D eigenvalue weighted by molar-refractivity contribution is -0.122. The smallest absolute Gasteiger partial charge is 0.220 e. The number of carbonyl (C=O) groups excluding carboxylic acids is 1. The number of aryl methyl sites for hydroxylation is 1. The first-order valence-electron chi connectivity index (χ1n) is 7.39. The number of rotatable bonds is 4. The highest BCUT2D eigenvalue weighted by Crippen LogP contribution is 2.33. The second kappa shape index (κ2) is 6.06. The van der Waals surface area contributed by atoms with E-state index < -0.39 is 0 Å². The van der Waals surface area contributed by atoms with E-state index in [0.29, 0.717) is 12.3 Å². The fraction of sp³-hybridized carbons (Fsp3) is 0.667. The molecule has 0 bridgehead atoms. The van der Waals surface area contributed by atoms with E-state index in [2.05, 4.69) is 22.1 Å². The van der Waals surface area contributed by atoms with Crippen LogP contribution in [0.3, 0.4) is 0 Å². The molecule has 3 nitrogen and oxygen atoms in total. The van der Waals surface area contributed by atoms with Gasteiger partial charge in [0.15, 0.2) is 0 Å². The molecule has 2 atom stereocenters. The van der Waals surface area contributed by atoms with Crippen LogP contribution in [0.2, 0.25) is 0 Å². The first-order valence-corrected chi connectivity index (χ1v) is 8.27. The standard InChI is InChI=1S/C15H22N2OS/c18-15(5-4-11-6-8-16-10-11)17-13-2-1-3-14-12(13)7-9-19-14/h7,9,11,13,16H,1-6,8,10H2,(H,17,18). The summed E-state index contributed by atoms with van der Waals surface area (Å²) in [5, 5.41) is 8.74. The minimum Gasteiger partial charge on any atom is -0.349 e. The van der Waals surface area contributed by atoms with Gasteiger partial charge in [0.25, 0.3) is 0 Å². The van der Waals surface area contributed by atoms with Crippen molar-refractivity contribution in [2.24, 2.45) is 5.92 Å². The van der Waals surface area contributed by atoms with Gasteiger partial charge in [-0.25, -0.2) is 0 Å². The third-order valence-electron chi connectivity index (χ3n) is 4.33. The summed E-state index contributed by atoms with van der Waals surface area (Å²) in [6, 6.07) is 2.45. The molecule has 1 aliphatic carbocycles. The summed E-state index contributed by atoms with van der Waals surface area (Å²) < 4.78 is 0. The Morgan fingerprint density at radius 2 is 2.42 bits per heavy atom. The van der Waals surface area contributed by atoms with Gasteiger partial charge < -0.3 is 10.6 Å². The quantitative estimate of drug-likeness (QED) is 0.889. The van der Waals surface area contributed by atoms with Gasteiger partial charge in [-0.1, -0.05) is 0 Å². The Bertz CT molecular complexity index is 437. The molecule has 0 saturated carbocycles. The lowest BCUT2D eigenvalue weighted by Crippen LogP contribution is -2.30. The molecule has 2 unspecified atom stereocenters. The Balaban J connectivity index is 1.50. The van der Waals surface area contributed by atoms with Crippen LogP contribution >= 0.6 is 11.3 Å². The largest absolute Gasteiger partial charge is 0.349 e. The van der Waals surface area contributed by atoms with Crippen LogP contribution in [0.4, 0.5) is 0 Å². The van der Waals surface area contributed by atoms with Crippen molar-refractivity contribution in [3.8, 4) is 0 Å². The third-order valence-corrected chi connectivity index (χ3v) is 5.33. The van der Waals surface area contributed by atoms with Crippen molar-refractivity contribution < 1.29 is 4.79 Å². The van der Waals surface area contributed by atoms with E-state index in [0.717, 1.165) is 25.9 Å². The zero-order chi connectivity index (χ0) is 13.1. The van der Waals surface area contributed by atoms with Gasteiger partial charge in [-0.05, 0) is 68.1 Å². The first-order chi connectivity index (χ1) is 9.33. The van der Waals surface area contributed by atoms with Crippen molar-refractivity contribution in [3.05, 3.63) is 21.9 Å². The fourth-order valence-corrected chi connectivity index (χ4v) is 4.19. The van der Waals surface area contributed by atoms with Crippen molar-refractivity contribution in [3.63, 3.8) is 0 Å². The Kier molecular flexibility index (Phi) is 4.18. The molecule has 2 aliphatic rings. The first kappa shape index (κ1) is 13.1. The van der Waals surface area contributed by atoms with E-state index in [1.54, 1.807) is 0 Å². The van der Waals surface area contributed by atoms with E-state index in [1.807, 2.05) is 11.3 Å². The molecular formula is C15H22N2OS. The minimum absolute atomic E-state index is 0.232. The summed E-state index contributed by atoms with van der Waals surface area (Å²) in [4.78, 5) is 13.5. The van der Waals surface area contributed by atoms with E-state index >= 15 is 0 Å². The zero-order valence-corrected chi connectivity index (χ0v) is 12.1. The second-order valence-electron chi connectivity index (χ2n) is 5.71. The van der Waals surface area contributed by atoms with Crippen LogP contribution in [-0.4, -0.2) is 19.0 Å². The van der Waals surface area contributed by atoms with Gasteiger partial charge in [-0.3, -0.25) is 4.79 Å². The highest BCUT2D eigenvalue weighted by atomic mass is 32.1. The maximum Gasteiger partial charge on any atom is 0.220 e. The highest BCUT2D eigenvalue weighted by Gasteiger charge is 2.23. The van der Waals surface area contributed by atoms with Crippen molar-refractivity contribution in [1.82, 2.24) is 10.6 Å². The van der Waals surface area contributed by atoms with Crippen molar-refractivity contribution in [2.75, 3.05) is 13.1 Å². The topological polar surface area (TPSA) is 41.1 Å². The molecule has 1 amide bonds. The molecule has 1 aliphatic heterocycles. The zero-order valence-electron chi connectivity index (χ0n) is 11.3. The lowest BCUT2D eigenvalue weighted by Gasteiger charge is -2.24. The predicted molar refractivity (Wildman–Crippen MR) is 78.4 cm³/mol. The average molecular weight is 278 g/mol. The summed E-state index contributed by atoms with van der Waals surface area (Å²) in [6.45, 7) is 2.21. The van der Waals surface area contributed by atoms with Crippen LogP contribution in [0.5, 0.6) is 0 Å². The number of thiophene rings is 1. The van der Waals surface area contributed by atoms with Crippen LogP contribution in [0.1, 0.15) is 48.6 Å². The molecule has 19 heavy (non-hydrogen) atoms. The summed E-state index contributed by atoms with van der Waals surface area (Å²) in [7, 11) is 0. The Morgan fingerprint density at radius 1 is 1.47 bits per heavy atom. The fourth-order valence-electron chi connectivity index (χ4n) is 3.20. The molecule has 1 saturated heterocycles. The van der Waals surface area contributed by atoms with Crippen LogP contribution in [-0.2, 0) is 11.2 Å². The van der Waals surface area contributed by atoms with Gasteiger partial charge in [0, 0.05) is 11.3 Å². The molecule has 2 N–H and O–H groups in total. The van der Waals surface area contributed by atoms with Crippen molar-refractivity contribution >= 4 is 17.2 Å². The number of hydrogen-bond donors (Lipinski definition) is 2. The van der Waals surface area contributed by atoms with E-state index in [4.69, 9.17) is 0 Å². The minimum atomic E-state index is 0.232. The maximum atomic E-state index is 12.1. The molecule has 0 aromatic carbocycles. The number of nitrogens with one attached hydrogen (secondary N) is 2. The number of carbonyl (C=O) groups is 1. The predicted octanol–water partition coefficient (Wildman–Crippen LogP) is 2.63. The molecule has 0 radical (unpaired) electrons. The molecule has 104 valence electrons. The average Bonchev–Trinajstić information content (AvgIpc) is 3.08. The molecule has 0 spiro atoms. The third kappa shape index (κ3) is 3.18. The molecule has 1 fully saturated rings. The molecule has 1 aromatic rings. The number of hydrogen-bond acceptors (Lipinski definition) is 3. The van der Waals surface area contributed by atoms with Gasteiger partial charge in [0.2, 0.25) is 5.91 Å². The van der Waals surface area contributed by atoms with Crippen LogP contribution in [0.15, 0.2) is 11.4 Å². The molecule has 3 rings (SSSR count). The van der Waals surface area contributed by atoms with Gasteiger partial charge in [0.05, 0.1) is 6.04 Å². The Labute approximate surface area is 118 Å². The van der Waals surface area contributed by atoms with Crippen molar-refractivity contribution in [2.45, 2.75) is 44.6 Å². The lowest BCUT2D eigenvalue weighted by atomic mass is 9.93. The molecule has 4 heteroatoms. The van der Waals surface area contributed by atoms with E-state index in [9.17, 15) is 4.79 Å². The Hall–Kier alpha value is -0.870. The SMILES string of the molecule is O=C(CCC1CCNC1)NC1CCCc2sccc21. The normalized spacial score (nSPS) is 26.1. The van der Waals surface area contributed by atoms with Crippen LogP contribution in [0, 0.1) is 5.92 Å². The van der Waals surface area contributed by atoms with Gasteiger partial charge in [0.1, 0.15) is 0 Å². The van der Waals surface area contributed by atoms with Crippen LogP contribution < -0.4 is 10.6 Å². The molecule has 1 aromatic heterocycles. The summed E-state index contributed by atoms with van der Waals surface area (Å²) >= 11 is 1.83. The number of fused-ring (bicyclic) bond motifs is 1. The molecule has 2 heterocycles. The number of amides is 1. The summed E-state index contributed by atoms with van der Waals surface area (Å²) in [6.07, 6.45) is 6.42. The Morgan fingerprint density at radius 3 is 3.26 bits per heavy atom. The molecular weight excluding hydrogens is 256 g/mol. The van der Waals surface area contributed by atoms with E-state index in [1.165, 1.54) is 29.7 Å². The van der Waals surface area contributed by atoms with Gasteiger partial charge in [-0.2, -0.15) is 0 Å². The monoisotopic (exact) mass is 278 g/mol.